The number of carbonyl (C=O) groups is 1. The Kier molecular flexibility index (Phi) is 11.1. The number of aliphatic hydroxyl groups is 1. The van der Waals surface area contributed by atoms with Gasteiger partial charge in [-0.15, -0.1) is 11.1 Å². The van der Waals surface area contributed by atoms with Crippen molar-refractivity contribution < 1.29 is 30.0 Å². The van der Waals surface area contributed by atoms with Crippen LogP contribution in [0, 0.1) is 18.0 Å². The van der Waals surface area contributed by atoms with Gasteiger partial charge in [0.15, 0.2) is 5.78 Å². The van der Waals surface area contributed by atoms with E-state index in [1.807, 2.05) is 40.0 Å². The Morgan fingerprint density at radius 1 is 0.867 bits per heavy atom. The van der Waals surface area contributed by atoms with Crippen molar-refractivity contribution in [2.45, 2.75) is 72.6 Å². The summed E-state index contributed by atoms with van der Waals surface area (Å²) >= 11 is 0. The number of rotatable bonds is 8. The zero-order chi connectivity index (χ0) is 31.4. The number of pyridine rings is 3. The standard InChI is InChI=1S/C26H18N3.C13H24O2.Ir/c1-26(2)21-14-18(16-7-4-3-5-8-16)13-17-10-12-27-24(22(17)21)20-15-29-25-19(23(20)26)9-6-11-28-25;1-5-10(6-2)12(14)9-13(15)11(7-3)8-4;/h3-14H,1-2H3;9-11,14H,5-8H2,1-4H3;/q-1;;/b;12-9-;. The van der Waals surface area contributed by atoms with Gasteiger partial charge < -0.3 is 15.1 Å². The average Bonchev–Trinajstić information content (AvgIpc) is 3.04. The zero-order valence-electron chi connectivity index (χ0n) is 27.0. The van der Waals surface area contributed by atoms with Gasteiger partial charge in [-0.2, -0.15) is 0 Å². The number of fused-ring (bicyclic) bond motifs is 4. The molecule has 6 rings (SSSR count). The summed E-state index contributed by atoms with van der Waals surface area (Å²) in [5.41, 5.74) is 7.39. The SMILES string of the molecule is CC1(C)c2c([c-]nc3ncccc23)-c2nccc3cc(-c4ccccc4)cc1c23.CCC(CC)C(=O)/C=C(\O)C(CC)CC.[Ir]. The molecule has 0 spiro atoms. The number of benzene rings is 2. The predicted octanol–water partition coefficient (Wildman–Crippen LogP) is 9.82. The minimum atomic E-state index is -0.227. The van der Waals surface area contributed by atoms with Crippen molar-refractivity contribution in [1.82, 2.24) is 15.0 Å². The molecule has 1 radical (unpaired) electrons. The van der Waals surface area contributed by atoms with Crippen LogP contribution in [0.1, 0.15) is 78.4 Å². The molecule has 5 aromatic rings. The Balaban J connectivity index is 0.000000249. The van der Waals surface area contributed by atoms with Crippen molar-refractivity contribution in [3.63, 3.8) is 0 Å². The molecular weight excluding hydrogens is 735 g/mol. The van der Waals surface area contributed by atoms with Crippen LogP contribution in [0.5, 0.6) is 0 Å². The molecule has 0 bridgehead atoms. The second-order valence-corrected chi connectivity index (χ2v) is 12.1. The first-order chi connectivity index (χ1) is 21.2. The number of carbonyl (C=O) groups excluding carboxylic acids is 1. The molecule has 6 heteroatoms. The molecule has 0 saturated carbocycles. The monoisotopic (exact) mass is 777 g/mol. The first-order valence-corrected chi connectivity index (χ1v) is 15.8. The van der Waals surface area contributed by atoms with Gasteiger partial charge in [-0.3, -0.25) is 9.78 Å². The Morgan fingerprint density at radius 3 is 2.22 bits per heavy atom. The van der Waals surface area contributed by atoms with Crippen LogP contribution in [-0.2, 0) is 30.3 Å². The Hall–Kier alpha value is -3.73. The van der Waals surface area contributed by atoms with Crippen LogP contribution in [0.3, 0.4) is 0 Å². The maximum atomic E-state index is 11.7. The van der Waals surface area contributed by atoms with E-state index in [1.165, 1.54) is 39.1 Å². The van der Waals surface area contributed by atoms with E-state index in [-0.39, 0.29) is 48.9 Å². The van der Waals surface area contributed by atoms with Crippen LogP contribution < -0.4 is 0 Å². The normalized spacial score (nSPS) is 13.3. The molecule has 0 aliphatic heterocycles. The second kappa shape index (κ2) is 14.6. The quantitative estimate of drug-likeness (QED) is 0.0966. The summed E-state index contributed by atoms with van der Waals surface area (Å²) in [6.45, 7) is 12.6. The van der Waals surface area contributed by atoms with Crippen molar-refractivity contribution in [3.05, 3.63) is 102 Å². The van der Waals surface area contributed by atoms with Crippen molar-refractivity contribution in [1.29, 1.82) is 0 Å². The van der Waals surface area contributed by atoms with Gasteiger partial charge in [-0.25, -0.2) is 0 Å². The number of nitrogens with zero attached hydrogens (tertiary/aromatic N) is 3. The molecule has 2 aromatic carbocycles. The van der Waals surface area contributed by atoms with Crippen molar-refractivity contribution in [2.24, 2.45) is 11.8 Å². The van der Waals surface area contributed by atoms with Gasteiger partial charge in [0.25, 0.3) is 0 Å². The molecule has 3 heterocycles. The molecule has 5 nitrogen and oxygen atoms in total. The molecule has 0 atom stereocenters. The van der Waals surface area contributed by atoms with Crippen LogP contribution in [0.2, 0.25) is 0 Å². The van der Waals surface area contributed by atoms with Gasteiger partial charge in [0, 0.05) is 50.4 Å². The molecule has 1 aliphatic carbocycles. The smallest absolute Gasteiger partial charge is 0.162 e. The Labute approximate surface area is 280 Å². The second-order valence-electron chi connectivity index (χ2n) is 12.1. The van der Waals surface area contributed by atoms with Gasteiger partial charge >= 0.3 is 0 Å². The van der Waals surface area contributed by atoms with Crippen LogP contribution in [0.25, 0.3) is 44.2 Å². The van der Waals surface area contributed by atoms with Crippen LogP contribution in [-0.4, -0.2) is 25.8 Å². The maximum absolute atomic E-state index is 11.7. The minimum absolute atomic E-state index is 0. The van der Waals surface area contributed by atoms with E-state index in [2.05, 4.69) is 84.6 Å². The molecule has 3 aromatic heterocycles. The van der Waals surface area contributed by atoms with E-state index in [4.69, 9.17) is 4.98 Å². The molecule has 1 aliphatic rings. The third-order valence-electron chi connectivity index (χ3n) is 9.17. The fourth-order valence-corrected chi connectivity index (χ4v) is 6.51. The predicted molar refractivity (Wildman–Crippen MR) is 181 cm³/mol. The first kappa shape index (κ1) is 34.1. The Morgan fingerprint density at radius 2 is 1.56 bits per heavy atom. The fourth-order valence-electron chi connectivity index (χ4n) is 6.51. The van der Waals surface area contributed by atoms with Gasteiger partial charge in [-0.05, 0) is 88.7 Å². The maximum Gasteiger partial charge on any atom is 0.162 e. The van der Waals surface area contributed by atoms with E-state index in [0.717, 1.165) is 48.0 Å². The molecule has 1 N–H and O–H groups in total. The topological polar surface area (TPSA) is 76.0 Å². The Bertz CT molecular complexity index is 1820. The summed E-state index contributed by atoms with van der Waals surface area (Å²) in [6.07, 6.45) is 11.8. The molecule has 45 heavy (non-hydrogen) atoms. The van der Waals surface area contributed by atoms with Crippen LogP contribution in [0.4, 0.5) is 0 Å². The third-order valence-corrected chi connectivity index (χ3v) is 9.17. The number of allylic oxidation sites excluding steroid dienone is 2. The summed E-state index contributed by atoms with van der Waals surface area (Å²) in [5, 5.41) is 13.2. The van der Waals surface area contributed by atoms with E-state index in [1.54, 1.807) is 6.20 Å². The molecule has 0 fully saturated rings. The summed E-state index contributed by atoms with van der Waals surface area (Å²) in [4.78, 5) is 25.4. The largest absolute Gasteiger partial charge is 0.512 e. The zero-order valence-corrected chi connectivity index (χ0v) is 29.4. The molecule has 235 valence electrons. The van der Waals surface area contributed by atoms with Crippen molar-refractivity contribution in [3.8, 4) is 22.4 Å². The summed E-state index contributed by atoms with van der Waals surface area (Å²) in [5.74, 6) is 0.547. The first-order valence-electron chi connectivity index (χ1n) is 15.8. The van der Waals surface area contributed by atoms with E-state index in [0.29, 0.717) is 0 Å². The van der Waals surface area contributed by atoms with E-state index < -0.39 is 0 Å². The van der Waals surface area contributed by atoms with E-state index in [9.17, 15) is 9.90 Å². The van der Waals surface area contributed by atoms with Gasteiger partial charge in [0.05, 0.1) is 11.4 Å². The van der Waals surface area contributed by atoms with Crippen molar-refractivity contribution in [2.75, 3.05) is 0 Å². The number of aliphatic hydroxyl groups excluding tert-OH is 1. The molecular formula is C39H42IrN3O2-. The minimum Gasteiger partial charge on any atom is -0.512 e. The summed E-state index contributed by atoms with van der Waals surface area (Å²) in [7, 11) is 0. The van der Waals surface area contributed by atoms with Crippen LogP contribution in [0.15, 0.2) is 84.9 Å². The number of hydrogen-bond acceptors (Lipinski definition) is 5. The van der Waals surface area contributed by atoms with Gasteiger partial charge in [0.2, 0.25) is 0 Å². The molecule has 0 unspecified atom stereocenters. The van der Waals surface area contributed by atoms with Crippen LogP contribution >= 0.6 is 0 Å². The summed E-state index contributed by atoms with van der Waals surface area (Å²) in [6, 6.07) is 21.3. The fraction of sp³-hybridized carbons (Fsp3) is 0.333. The van der Waals surface area contributed by atoms with Gasteiger partial charge in [-0.1, -0.05) is 89.4 Å². The average molecular weight is 777 g/mol. The van der Waals surface area contributed by atoms with Gasteiger partial charge in [0.1, 0.15) is 0 Å². The molecule has 0 saturated heterocycles. The number of aromatic nitrogens is 3. The number of hydrogen-bond donors (Lipinski definition) is 1. The van der Waals surface area contributed by atoms with Crippen molar-refractivity contribution >= 4 is 27.6 Å². The summed E-state index contributed by atoms with van der Waals surface area (Å²) < 4.78 is 0. The third kappa shape index (κ3) is 6.64. The molecule has 0 amide bonds. The van der Waals surface area contributed by atoms with E-state index >= 15 is 0 Å². The number of ketones is 1.